The predicted molar refractivity (Wildman–Crippen MR) is 116 cm³/mol. The van der Waals surface area contributed by atoms with Crippen LogP contribution in [0.5, 0.6) is 0 Å². The number of hydrogen-bond acceptors (Lipinski definition) is 3. The van der Waals surface area contributed by atoms with E-state index in [1.54, 1.807) is 24.5 Å². The summed E-state index contributed by atoms with van der Waals surface area (Å²) in [5.74, 6) is -0.223. The molecule has 3 nitrogen and oxygen atoms in total. The van der Waals surface area contributed by atoms with Gasteiger partial charge in [0, 0.05) is 12.4 Å². The topological polar surface area (TPSA) is 29.0 Å². The molecule has 2 heterocycles. The molecular weight excluding hydrogens is 361 g/mol. The Bertz CT molecular complexity index is 1040. The first-order chi connectivity index (χ1) is 14.1. The highest BCUT2D eigenvalue weighted by Crippen LogP contribution is 2.38. The molecule has 1 unspecified atom stereocenters. The monoisotopic (exact) mass is 383 g/mol. The van der Waals surface area contributed by atoms with Crippen molar-refractivity contribution in [2.45, 2.75) is 19.9 Å². The van der Waals surface area contributed by atoms with Gasteiger partial charge in [0.1, 0.15) is 5.82 Å². The van der Waals surface area contributed by atoms with Crippen LogP contribution in [0.25, 0.3) is 11.1 Å². The SMILES string of the molecule is Cc1cc(F)cc(-c2ccccc2C(C)N(c2cccnc2)c2cccnc2)c1. The van der Waals surface area contributed by atoms with Crippen LogP contribution in [0.1, 0.15) is 24.1 Å². The number of hydrogen-bond donors (Lipinski definition) is 0. The fourth-order valence-corrected chi connectivity index (χ4v) is 3.74. The molecule has 2 aromatic carbocycles. The summed E-state index contributed by atoms with van der Waals surface area (Å²) < 4.78 is 14.1. The summed E-state index contributed by atoms with van der Waals surface area (Å²) in [5.41, 5.74) is 5.84. The van der Waals surface area contributed by atoms with E-state index < -0.39 is 0 Å². The molecule has 0 saturated carbocycles. The largest absolute Gasteiger partial charge is 0.332 e. The predicted octanol–water partition coefficient (Wildman–Crippen LogP) is 6.49. The summed E-state index contributed by atoms with van der Waals surface area (Å²) in [6, 6.07) is 21.2. The molecule has 29 heavy (non-hydrogen) atoms. The van der Waals surface area contributed by atoms with Crippen molar-refractivity contribution < 1.29 is 4.39 Å². The van der Waals surface area contributed by atoms with Crippen molar-refractivity contribution in [3.05, 3.63) is 108 Å². The maximum Gasteiger partial charge on any atom is 0.124 e. The van der Waals surface area contributed by atoms with Gasteiger partial charge in [0.25, 0.3) is 0 Å². The summed E-state index contributed by atoms with van der Waals surface area (Å²) in [4.78, 5) is 10.8. The second kappa shape index (κ2) is 8.23. The Kier molecular flexibility index (Phi) is 5.34. The Morgan fingerprint density at radius 2 is 1.48 bits per heavy atom. The van der Waals surface area contributed by atoms with Crippen molar-refractivity contribution in [3.63, 3.8) is 0 Å². The van der Waals surface area contributed by atoms with Gasteiger partial charge in [-0.3, -0.25) is 9.97 Å². The van der Waals surface area contributed by atoms with E-state index in [4.69, 9.17) is 0 Å². The van der Waals surface area contributed by atoms with Crippen molar-refractivity contribution in [3.8, 4) is 11.1 Å². The second-order valence-electron chi connectivity index (χ2n) is 7.07. The number of halogens is 1. The third-order valence-corrected chi connectivity index (χ3v) is 5.00. The smallest absolute Gasteiger partial charge is 0.124 e. The minimum Gasteiger partial charge on any atom is -0.332 e. The van der Waals surface area contributed by atoms with Crippen LogP contribution in [0.4, 0.5) is 15.8 Å². The van der Waals surface area contributed by atoms with E-state index in [1.807, 2.05) is 67.8 Å². The van der Waals surface area contributed by atoms with Gasteiger partial charge >= 0.3 is 0 Å². The Morgan fingerprint density at radius 3 is 2.07 bits per heavy atom. The van der Waals surface area contributed by atoms with E-state index in [9.17, 15) is 4.39 Å². The third kappa shape index (κ3) is 4.02. The Hall–Kier alpha value is -3.53. The van der Waals surface area contributed by atoms with Gasteiger partial charge in [-0.1, -0.05) is 30.3 Å². The lowest BCUT2D eigenvalue weighted by Gasteiger charge is -2.32. The highest BCUT2D eigenvalue weighted by atomic mass is 19.1. The van der Waals surface area contributed by atoms with Crippen LogP contribution in [0.15, 0.2) is 91.5 Å². The average molecular weight is 383 g/mol. The fraction of sp³-hybridized carbons (Fsp3) is 0.120. The third-order valence-electron chi connectivity index (χ3n) is 5.00. The van der Waals surface area contributed by atoms with E-state index in [-0.39, 0.29) is 11.9 Å². The van der Waals surface area contributed by atoms with Gasteiger partial charge in [0.05, 0.1) is 29.8 Å². The Labute approximate surface area is 170 Å². The minimum atomic E-state index is -0.223. The summed E-state index contributed by atoms with van der Waals surface area (Å²) in [6.07, 6.45) is 7.22. The Morgan fingerprint density at radius 1 is 0.828 bits per heavy atom. The van der Waals surface area contributed by atoms with E-state index in [2.05, 4.69) is 27.9 Å². The van der Waals surface area contributed by atoms with Gasteiger partial charge in [-0.25, -0.2) is 4.39 Å². The van der Waals surface area contributed by atoms with Gasteiger partial charge < -0.3 is 4.90 Å². The Balaban J connectivity index is 1.85. The summed E-state index contributed by atoms with van der Waals surface area (Å²) >= 11 is 0. The molecule has 4 aromatic rings. The van der Waals surface area contributed by atoms with E-state index in [0.717, 1.165) is 33.6 Å². The molecule has 0 fully saturated rings. The lowest BCUT2D eigenvalue weighted by molar-refractivity contribution is 0.627. The van der Waals surface area contributed by atoms with E-state index >= 15 is 0 Å². The standard InChI is InChI=1S/C25H22FN3/c1-18-13-20(15-21(26)14-18)25-10-4-3-9-24(25)19(2)29(22-7-5-11-27-16-22)23-8-6-12-28-17-23/h3-17,19H,1-2H3. The molecule has 0 radical (unpaired) electrons. The van der Waals surface area contributed by atoms with Crippen molar-refractivity contribution >= 4 is 11.4 Å². The van der Waals surface area contributed by atoms with Crippen molar-refractivity contribution in [2.75, 3.05) is 4.90 Å². The number of aryl methyl sites for hydroxylation is 1. The number of rotatable bonds is 5. The highest BCUT2D eigenvalue weighted by Gasteiger charge is 2.22. The van der Waals surface area contributed by atoms with Gasteiger partial charge in [0.2, 0.25) is 0 Å². The molecular formula is C25H22FN3. The number of nitrogens with zero attached hydrogens (tertiary/aromatic N) is 3. The fourth-order valence-electron chi connectivity index (χ4n) is 3.74. The minimum absolute atomic E-state index is 0.0248. The van der Waals surface area contributed by atoms with E-state index in [0.29, 0.717) is 0 Å². The summed E-state index contributed by atoms with van der Waals surface area (Å²) in [6.45, 7) is 4.06. The van der Waals surface area contributed by atoms with E-state index in [1.165, 1.54) is 0 Å². The first kappa shape index (κ1) is 18.8. The zero-order chi connectivity index (χ0) is 20.2. The zero-order valence-electron chi connectivity index (χ0n) is 16.5. The highest BCUT2D eigenvalue weighted by molar-refractivity contribution is 5.72. The molecule has 0 amide bonds. The zero-order valence-corrected chi connectivity index (χ0v) is 16.5. The van der Waals surface area contributed by atoms with Crippen LogP contribution in [-0.4, -0.2) is 9.97 Å². The molecule has 144 valence electrons. The van der Waals surface area contributed by atoms with Gasteiger partial charge in [0.15, 0.2) is 0 Å². The quantitative estimate of drug-likeness (QED) is 0.394. The maximum atomic E-state index is 14.1. The van der Waals surface area contributed by atoms with Crippen LogP contribution in [0.2, 0.25) is 0 Å². The number of aromatic nitrogens is 2. The van der Waals surface area contributed by atoms with Crippen molar-refractivity contribution in [1.29, 1.82) is 0 Å². The number of anilines is 2. The lowest BCUT2D eigenvalue weighted by atomic mass is 9.93. The molecule has 4 rings (SSSR count). The maximum absolute atomic E-state index is 14.1. The second-order valence-corrected chi connectivity index (χ2v) is 7.07. The molecule has 0 bridgehead atoms. The van der Waals surface area contributed by atoms with Gasteiger partial charge in [-0.15, -0.1) is 0 Å². The molecule has 0 spiro atoms. The van der Waals surface area contributed by atoms with Crippen LogP contribution in [0, 0.1) is 12.7 Å². The molecule has 0 saturated heterocycles. The normalized spacial score (nSPS) is 11.8. The van der Waals surface area contributed by atoms with Gasteiger partial charge in [-0.2, -0.15) is 0 Å². The lowest BCUT2D eigenvalue weighted by Crippen LogP contribution is -2.22. The molecule has 0 aliphatic heterocycles. The molecule has 0 aliphatic rings. The molecule has 1 atom stereocenters. The van der Waals surface area contributed by atoms with Crippen LogP contribution < -0.4 is 4.90 Å². The summed E-state index contributed by atoms with van der Waals surface area (Å²) in [5, 5.41) is 0. The molecule has 0 aliphatic carbocycles. The van der Waals surface area contributed by atoms with Crippen LogP contribution in [-0.2, 0) is 0 Å². The first-order valence-electron chi connectivity index (χ1n) is 9.59. The summed E-state index contributed by atoms with van der Waals surface area (Å²) in [7, 11) is 0. The van der Waals surface area contributed by atoms with Crippen LogP contribution >= 0.6 is 0 Å². The van der Waals surface area contributed by atoms with Gasteiger partial charge in [-0.05, 0) is 72.5 Å². The van der Waals surface area contributed by atoms with Crippen molar-refractivity contribution in [2.24, 2.45) is 0 Å². The molecule has 0 N–H and O–H groups in total. The number of pyridine rings is 2. The molecule has 2 aromatic heterocycles. The average Bonchev–Trinajstić information content (AvgIpc) is 2.75. The first-order valence-corrected chi connectivity index (χ1v) is 9.59. The molecule has 4 heteroatoms. The van der Waals surface area contributed by atoms with Crippen LogP contribution in [0.3, 0.4) is 0 Å². The number of benzene rings is 2. The van der Waals surface area contributed by atoms with Crippen molar-refractivity contribution in [1.82, 2.24) is 9.97 Å².